The summed E-state index contributed by atoms with van der Waals surface area (Å²) in [5.74, 6) is 0.973. The van der Waals surface area contributed by atoms with Crippen LogP contribution in [0.1, 0.15) is 16.3 Å². The van der Waals surface area contributed by atoms with Gasteiger partial charge in [0.2, 0.25) is 5.82 Å². The highest BCUT2D eigenvalue weighted by atomic mass is 16.3. The molecule has 3 aromatic heterocycles. The first-order valence-corrected chi connectivity index (χ1v) is 7.43. The minimum atomic E-state index is -0.427. The number of aromatic amines is 2. The lowest BCUT2D eigenvalue weighted by Gasteiger charge is -2.05. The van der Waals surface area contributed by atoms with Gasteiger partial charge >= 0.3 is 0 Å². The fourth-order valence-corrected chi connectivity index (χ4v) is 2.43. The number of fused-ring (bicyclic) bond motifs is 1. The van der Waals surface area contributed by atoms with Crippen LogP contribution < -0.4 is 10.9 Å². The van der Waals surface area contributed by atoms with Crippen LogP contribution >= 0.6 is 0 Å². The largest absolute Gasteiger partial charge is 0.461 e. The quantitative estimate of drug-likeness (QED) is 0.514. The van der Waals surface area contributed by atoms with Crippen LogP contribution in [-0.4, -0.2) is 31.3 Å². The van der Waals surface area contributed by atoms with Crippen LogP contribution in [0, 0.1) is 0 Å². The lowest BCUT2D eigenvalue weighted by Crippen LogP contribution is -2.26. The van der Waals surface area contributed by atoms with E-state index in [4.69, 9.17) is 4.42 Å². The van der Waals surface area contributed by atoms with Gasteiger partial charge in [-0.1, -0.05) is 18.2 Å². The molecule has 0 fully saturated rings. The Morgan fingerprint density at radius 3 is 2.72 bits per heavy atom. The molecule has 25 heavy (non-hydrogen) atoms. The minimum Gasteiger partial charge on any atom is -0.461 e. The van der Waals surface area contributed by atoms with Gasteiger partial charge in [-0.2, -0.15) is 5.10 Å². The third-order valence-electron chi connectivity index (χ3n) is 3.60. The second kappa shape index (κ2) is 6.04. The van der Waals surface area contributed by atoms with Crippen LogP contribution in [-0.2, 0) is 6.54 Å². The number of hydrogen-bond donors (Lipinski definition) is 3. The van der Waals surface area contributed by atoms with Crippen molar-refractivity contribution >= 4 is 16.7 Å². The average molecular weight is 336 g/mol. The Kier molecular flexibility index (Phi) is 3.58. The second-order valence-electron chi connectivity index (χ2n) is 5.21. The van der Waals surface area contributed by atoms with Crippen molar-refractivity contribution in [2.24, 2.45) is 0 Å². The van der Waals surface area contributed by atoms with E-state index < -0.39 is 5.91 Å². The predicted molar refractivity (Wildman–Crippen MR) is 87.6 cm³/mol. The van der Waals surface area contributed by atoms with Gasteiger partial charge in [0.25, 0.3) is 11.5 Å². The van der Waals surface area contributed by atoms with Crippen molar-refractivity contribution in [1.29, 1.82) is 0 Å². The summed E-state index contributed by atoms with van der Waals surface area (Å²) in [6, 6.07) is 10.3. The van der Waals surface area contributed by atoms with Gasteiger partial charge in [0.05, 0.1) is 18.2 Å². The maximum absolute atomic E-state index is 12.4. The summed E-state index contributed by atoms with van der Waals surface area (Å²) in [4.78, 5) is 28.4. The Balaban J connectivity index is 1.54. The van der Waals surface area contributed by atoms with E-state index in [2.05, 4.69) is 30.7 Å². The summed E-state index contributed by atoms with van der Waals surface area (Å²) in [6.45, 7) is 0.127. The molecule has 3 heterocycles. The molecule has 0 aliphatic carbocycles. The molecular formula is C16H12N6O3. The SMILES string of the molecule is O=C(NCc1nc(-c2ccco2)n[nH]1)c1n[nH]c(=O)c2ccccc12. The number of nitrogens with one attached hydrogen (secondary N) is 3. The summed E-state index contributed by atoms with van der Waals surface area (Å²) >= 11 is 0. The van der Waals surface area contributed by atoms with Crippen LogP contribution in [0.15, 0.2) is 51.9 Å². The van der Waals surface area contributed by atoms with E-state index in [0.717, 1.165) is 0 Å². The van der Waals surface area contributed by atoms with Gasteiger partial charge in [-0.05, 0) is 18.2 Å². The maximum atomic E-state index is 12.4. The van der Waals surface area contributed by atoms with Gasteiger partial charge in [0, 0.05) is 5.39 Å². The molecular weight excluding hydrogens is 324 g/mol. The van der Waals surface area contributed by atoms with Crippen LogP contribution in [0.2, 0.25) is 0 Å². The van der Waals surface area contributed by atoms with Crippen LogP contribution in [0.25, 0.3) is 22.4 Å². The fourth-order valence-electron chi connectivity index (χ4n) is 2.43. The van der Waals surface area contributed by atoms with Gasteiger partial charge < -0.3 is 9.73 Å². The molecule has 4 aromatic rings. The third-order valence-corrected chi connectivity index (χ3v) is 3.60. The molecule has 1 amide bonds. The predicted octanol–water partition coefficient (Wildman–Crippen LogP) is 1.23. The summed E-state index contributed by atoms with van der Waals surface area (Å²) < 4.78 is 5.21. The monoisotopic (exact) mass is 336 g/mol. The van der Waals surface area contributed by atoms with E-state index in [1.54, 1.807) is 36.4 Å². The van der Waals surface area contributed by atoms with Gasteiger partial charge in [-0.3, -0.25) is 14.7 Å². The summed E-state index contributed by atoms with van der Waals surface area (Å²) in [7, 11) is 0. The van der Waals surface area contributed by atoms with Crippen molar-refractivity contribution in [3.8, 4) is 11.6 Å². The first kappa shape index (κ1) is 14.8. The minimum absolute atomic E-state index is 0.127. The topological polar surface area (TPSA) is 130 Å². The van der Waals surface area contributed by atoms with Crippen LogP contribution in [0.5, 0.6) is 0 Å². The van der Waals surface area contributed by atoms with Gasteiger partial charge in [-0.15, -0.1) is 5.10 Å². The molecule has 0 unspecified atom stereocenters. The van der Waals surface area contributed by atoms with E-state index in [1.807, 2.05) is 0 Å². The molecule has 0 aliphatic rings. The molecule has 4 rings (SSSR count). The van der Waals surface area contributed by atoms with Crippen molar-refractivity contribution in [1.82, 2.24) is 30.7 Å². The lowest BCUT2D eigenvalue weighted by atomic mass is 10.1. The Bertz CT molecular complexity index is 1100. The highest BCUT2D eigenvalue weighted by molar-refractivity contribution is 6.04. The van der Waals surface area contributed by atoms with Gasteiger partial charge in [0.1, 0.15) is 5.82 Å². The first-order valence-electron chi connectivity index (χ1n) is 7.43. The summed E-state index contributed by atoms with van der Waals surface area (Å²) in [5.41, 5.74) is -0.202. The average Bonchev–Trinajstić information content (AvgIpc) is 3.32. The molecule has 1 aromatic carbocycles. The molecule has 0 aliphatic heterocycles. The number of nitrogens with zero attached hydrogens (tertiary/aromatic N) is 3. The summed E-state index contributed by atoms with van der Waals surface area (Å²) in [6.07, 6.45) is 1.53. The molecule has 0 saturated carbocycles. The van der Waals surface area contributed by atoms with Crippen LogP contribution in [0.3, 0.4) is 0 Å². The molecule has 124 valence electrons. The molecule has 0 saturated heterocycles. The highest BCUT2D eigenvalue weighted by Crippen LogP contribution is 2.15. The van der Waals surface area contributed by atoms with E-state index in [-0.39, 0.29) is 17.8 Å². The maximum Gasteiger partial charge on any atom is 0.272 e. The highest BCUT2D eigenvalue weighted by Gasteiger charge is 2.15. The first-order chi connectivity index (χ1) is 12.2. The Hall–Kier alpha value is -3.75. The molecule has 9 heteroatoms. The Labute approximate surface area is 140 Å². The Morgan fingerprint density at radius 2 is 1.92 bits per heavy atom. The molecule has 0 atom stereocenters. The fraction of sp³-hybridized carbons (Fsp3) is 0.0625. The molecule has 0 spiro atoms. The number of carbonyl (C=O) groups excluding carboxylic acids is 1. The smallest absolute Gasteiger partial charge is 0.272 e. The second-order valence-corrected chi connectivity index (χ2v) is 5.21. The third kappa shape index (κ3) is 2.78. The van der Waals surface area contributed by atoms with Crippen molar-refractivity contribution in [2.45, 2.75) is 6.54 Å². The summed E-state index contributed by atoms with van der Waals surface area (Å²) in [5, 5.41) is 16.5. The number of carbonyl (C=O) groups is 1. The zero-order valence-electron chi connectivity index (χ0n) is 12.8. The van der Waals surface area contributed by atoms with E-state index in [1.165, 1.54) is 6.26 Å². The number of hydrogen-bond acceptors (Lipinski definition) is 6. The molecule has 9 nitrogen and oxygen atoms in total. The van der Waals surface area contributed by atoms with Crippen molar-refractivity contribution in [3.63, 3.8) is 0 Å². The molecule has 3 N–H and O–H groups in total. The zero-order chi connectivity index (χ0) is 17.2. The van der Waals surface area contributed by atoms with Crippen molar-refractivity contribution in [2.75, 3.05) is 0 Å². The molecule has 0 bridgehead atoms. The lowest BCUT2D eigenvalue weighted by molar-refractivity contribution is 0.0945. The number of furan rings is 1. The standard InChI is InChI=1S/C16H12N6O3/c23-15-10-5-2-1-4-9(10)13(20-22-15)16(24)17-8-12-18-14(21-19-12)11-6-3-7-25-11/h1-7H,8H2,(H,17,24)(H,22,23)(H,18,19,21). The number of H-pyrrole nitrogens is 2. The normalized spacial score (nSPS) is 10.9. The number of benzene rings is 1. The Morgan fingerprint density at radius 1 is 1.08 bits per heavy atom. The molecule has 0 radical (unpaired) electrons. The van der Waals surface area contributed by atoms with Gasteiger partial charge in [-0.25, -0.2) is 10.1 Å². The zero-order valence-corrected chi connectivity index (χ0v) is 12.8. The van der Waals surface area contributed by atoms with E-state index in [0.29, 0.717) is 28.2 Å². The number of rotatable bonds is 4. The van der Waals surface area contributed by atoms with E-state index >= 15 is 0 Å². The van der Waals surface area contributed by atoms with Crippen LogP contribution in [0.4, 0.5) is 0 Å². The van der Waals surface area contributed by atoms with E-state index in [9.17, 15) is 9.59 Å². The number of aromatic nitrogens is 5. The van der Waals surface area contributed by atoms with Gasteiger partial charge in [0.15, 0.2) is 11.5 Å². The van der Waals surface area contributed by atoms with Crippen molar-refractivity contribution in [3.05, 3.63) is 64.5 Å². The number of amides is 1. The van der Waals surface area contributed by atoms with Crippen molar-refractivity contribution < 1.29 is 9.21 Å².